The summed E-state index contributed by atoms with van der Waals surface area (Å²) in [7, 11) is 1.65. The first kappa shape index (κ1) is 13.2. The number of imidazole rings is 1. The van der Waals surface area contributed by atoms with Crippen molar-refractivity contribution in [3.8, 4) is 5.75 Å². The smallest absolute Gasteiger partial charge is 0.166 e. The molecule has 0 saturated heterocycles. The minimum Gasteiger partial charge on any atom is -0.497 e. The fourth-order valence-corrected chi connectivity index (χ4v) is 2.70. The third-order valence-electron chi connectivity index (χ3n) is 2.62. The Labute approximate surface area is 111 Å². The van der Waals surface area contributed by atoms with Gasteiger partial charge in [-0.15, -0.1) is 0 Å². The number of methoxy groups -OCH3 is 1. The average Bonchev–Trinajstić information content (AvgIpc) is 2.68. The highest BCUT2D eigenvalue weighted by atomic mass is 32.2. The fraction of sp³-hybridized carbons (Fsp3) is 0.462. The van der Waals surface area contributed by atoms with E-state index in [0.29, 0.717) is 0 Å². The van der Waals surface area contributed by atoms with Gasteiger partial charge in [0.25, 0.3) is 0 Å². The molecule has 2 rings (SSSR count). The van der Waals surface area contributed by atoms with E-state index in [1.54, 1.807) is 18.9 Å². The minimum absolute atomic E-state index is 0.623. The molecule has 98 valence electrons. The molecule has 0 aliphatic carbocycles. The highest BCUT2D eigenvalue weighted by Gasteiger charge is 2.12. The Kier molecular flexibility index (Phi) is 3.82. The Bertz CT molecular complexity index is 531. The maximum Gasteiger partial charge on any atom is 0.166 e. The lowest BCUT2D eigenvalue weighted by molar-refractivity contribution is 0.0777. The molecule has 0 atom stereocenters. The van der Waals surface area contributed by atoms with E-state index in [9.17, 15) is 5.11 Å². The summed E-state index contributed by atoms with van der Waals surface area (Å²) in [6.45, 7) is 3.63. The van der Waals surface area contributed by atoms with Crippen LogP contribution in [0, 0.1) is 0 Å². The predicted octanol–water partition coefficient (Wildman–Crippen LogP) is 2.82. The molecule has 18 heavy (non-hydrogen) atoms. The van der Waals surface area contributed by atoms with Crippen LogP contribution in [0.25, 0.3) is 11.0 Å². The maximum atomic E-state index is 9.64. The lowest BCUT2D eigenvalue weighted by Crippen LogP contribution is -2.19. The van der Waals surface area contributed by atoms with Gasteiger partial charge >= 0.3 is 0 Å². The Morgan fingerprint density at radius 2 is 2.22 bits per heavy atom. The molecule has 0 saturated carbocycles. The summed E-state index contributed by atoms with van der Waals surface area (Å²) in [5, 5.41) is 10.5. The van der Waals surface area contributed by atoms with Crippen LogP contribution in [-0.4, -0.2) is 33.5 Å². The molecule has 2 N–H and O–H groups in total. The Balaban J connectivity index is 2.06. The van der Waals surface area contributed by atoms with E-state index in [1.807, 2.05) is 32.0 Å². The van der Waals surface area contributed by atoms with E-state index >= 15 is 0 Å². The lowest BCUT2D eigenvalue weighted by Gasteiger charge is -2.15. The van der Waals surface area contributed by atoms with E-state index in [-0.39, 0.29) is 0 Å². The summed E-state index contributed by atoms with van der Waals surface area (Å²) in [5.74, 6) is 1.65. The van der Waals surface area contributed by atoms with Crippen molar-refractivity contribution in [3.63, 3.8) is 0 Å². The molecular formula is C13H18N2O2S. The van der Waals surface area contributed by atoms with Crippen LogP contribution in [0.5, 0.6) is 5.75 Å². The molecule has 1 heterocycles. The fourth-order valence-electron chi connectivity index (χ4n) is 1.56. The molecule has 1 aromatic heterocycles. The third-order valence-corrected chi connectivity index (χ3v) is 3.49. The van der Waals surface area contributed by atoms with E-state index in [0.717, 1.165) is 34.1 Å². The molecule has 0 amide bonds. The molecule has 0 spiro atoms. The van der Waals surface area contributed by atoms with Crippen molar-refractivity contribution in [1.29, 1.82) is 0 Å². The summed E-state index contributed by atoms with van der Waals surface area (Å²) in [5.41, 5.74) is 1.28. The number of aromatic amines is 1. The topological polar surface area (TPSA) is 58.1 Å². The van der Waals surface area contributed by atoms with Gasteiger partial charge < -0.3 is 14.8 Å². The zero-order valence-corrected chi connectivity index (χ0v) is 11.7. The Hall–Kier alpha value is -1.20. The number of hydrogen-bond acceptors (Lipinski definition) is 4. The van der Waals surface area contributed by atoms with Gasteiger partial charge in [-0.3, -0.25) is 0 Å². The number of nitrogens with zero attached hydrogens (tertiary/aromatic N) is 1. The van der Waals surface area contributed by atoms with Gasteiger partial charge in [-0.05, 0) is 32.4 Å². The summed E-state index contributed by atoms with van der Waals surface area (Å²) in [6.07, 6.45) is 0.734. The van der Waals surface area contributed by atoms with E-state index in [2.05, 4.69) is 9.97 Å². The van der Waals surface area contributed by atoms with Crippen LogP contribution in [0.15, 0.2) is 23.4 Å². The van der Waals surface area contributed by atoms with Crippen LogP contribution in [0.1, 0.15) is 20.3 Å². The first-order valence-electron chi connectivity index (χ1n) is 5.87. The first-order valence-corrected chi connectivity index (χ1v) is 6.85. The summed E-state index contributed by atoms with van der Waals surface area (Å²) < 4.78 is 5.17. The number of fused-ring (bicyclic) bond motifs is 1. The van der Waals surface area contributed by atoms with Crippen LogP contribution in [0.2, 0.25) is 0 Å². The van der Waals surface area contributed by atoms with Crippen LogP contribution < -0.4 is 4.74 Å². The second-order valence-corrected chi connectivity index (χ2v) is 5.92. The largest absolute Gasteiger partial charge is 0.497 e. The molecule has 0 aliphatic rings. The molecule has 0 radical (unpaired) electrons. The van der Waals surface area contributed by atoms with Crippen LogP contribution in [0.4, 0.5) is 0 Å². The maximum absolute atomic E-state index is 9.64. The van der Waals surface area contributed by atoms with Crippen molar-refractivity contribution >= 4 is 22.8 Å². The Morgan fingerprint density at radius 3 is 2.89 bits per heavy atom. The number of hydrogen-bond donors (Lipinski definition) is 2. The quantitative estimate of drug-likeness (QED) is 0.817. The normalized spacial score (nSPS) is 12.0. The molecule has 0 fully saturated rings. The van der Waals surface area contributed by atoms with Gasteiger partial charge in [-0.2, -0.15) is 0 Å². The highest BCUT2D eigenvalue weighted by Crippen LogP contribution is 2.24. The van der Waals surface area contributed by atoms with Gasteiger partial charge in [0.05, 0.1) is 23.7 Å². The van der Waals surface area contributed by atoms with Crippen molar-refractivity contribution in [1.82, 2.24) is 9.97 Å². The average molecular weight is 266 g/mol. The number of benzene rings is 1. The minimum atomic E-state index is -0.623. The second-order valence-electron chi connectivity index (χ2n) is 4.84. The predicted molar refractivity (Wildman–Crippen MR) is 74.3 cm³/mol. The molecule has 0 unspecified atom stereocenters. The van der Waals surface area contributed by atoms with E-state index in [4.69, 9.17) is 4.74 Å². The van der Waals surface area contributed by atoms with Crippen molar-refractivity contribution in [2.24, 2.45) is 0 Å². The molecule has 0 aliphatic heterocycles. The highest BCUT2D eigenvalue weighted by molar-refractivity contribution is 7.99. The zero-order valence-electron chi connectivity index (χ0n) is 10.9. The number of ether oxygens (including phenoxy) is 1. The van der Waals surface area contributed by atoms with Gasteiger partial charge in [-0.1, -0.05) is 11.8 Å². The standard InChI is InChI=1S/C13H18N2O2S/c1-13(2,16)6-7-18-12-14-10-5-4-9(17-3)8-11(10)15-12/h4-5,8,16H,6-7H2,1-3H3,(H,14,15). The van der Waals surface area contributed by atoms with E-state index < -0.39 is 5.60 Å². The monoisotopic (exact) mass is 266 g/mol. The first-order chi connectivity index (χ1) is 8.48. The molecule has 1 aromatic carbocycles. The van der Waals surface area contributed by atoms with Crippen LogP contribution >= 0.6 is 11.8 Å². The number of H-pyrrole nitrogens is 1. The second kappa shape index (κ2) is 5.20. The van der Waals surface area contributed by atoms with Gasteiger partial charge in [-0.25, -0.2) is 4.98 Å². The van der Waals surface area contributed by atoms with E-state index in [1.165, 1.54) is 0 Å². The zero-order chi connectivity index (χ0) is 13.2. The van der Waals surface area contributed by atoms with Crippen molar-refractivity contribution in [2.75, 3.05) is 12.9 Å². The van der Waals surface area contributed by atoms with Crippen molar-refractivity contribution in [2.45, 2.75) is 31.0 Å². The number of nitrogens with one attached hydrogen (secondary N) is 1. The number of aromatic nitrogens is 2. The van der Waals surface area contributed by atoms with Gasteiger partial charge in [0.1, 0.15) is 5.75 Å². The summed E-state index contributed by atoms with van der Waals surface area (Å²) in [4.78, 5) is 7.72. The van der Waals surface area contributed by atoms with Crippen LogP contribution in [0.3, 0.4) is 0 Å². The van der Waals surface area contributed by atoms with Gasteiger partial charge in [0, 0.05) is 11.8 Å². The van der Waals surface area contributed by atoms with Gasteiger partial charge in [0.2, 0.25) is 0 Å². The van der Waals surface area contributed by atoms with Crippen molar-refractivity contribution in [3.05, 3.63) is 18.2 Å². The number of thioether (sulfide) groups is 1. The van der Waals surface area contributed by atoms with Gasteiger partial charge in [0.15, 0.2) is 5.16 Å². The number of aliphatic hydroxyl groups is 1. The SMILES string of the molecule is COc1ccc2nc(SCCC(C)(C)O)[nH]c2c1. The molecule has 4 nitrogen and oxygen atoms in total. The molecule has 2 aromatic rings. The molecular weight excluding hydrogens is 248 g/mol. The Morgan fingerprint density at radius 1 is 1.44 bits per heavy atom. The lowest BCUT2D eigenvalue weighted by atomic mass is 10.1. The molecule has 0 bridgehead atoms. The number of rotatable bonds is 5. The molecule has 5 heteroatoms. The summed E-state index contributed by atoms with van der Waals surface area (Å²) in [6, 6.07) is 5.77. The van der Waals surface area contributed by atoms with Crippen LogP contribution in [-0.2, 0) is 0 Å². The summed E-state index contributed by atoms with van der Waals surface area (Å²) >= 11 is 1.62. The third kappa shape index (κ3) is 3.40. The van der Waals surface area contributed by atoms with Crippen molar-refractivity contribution < 1.29 is 9.84 Å².